The summed E-state index contributed by atoms with van der Waals surface area (Å²) >= 11 is 0. The Labute approximate surface area is 117 Å². The van der Waals surface area contributed by atoms with Gasteiger partial charge in [0, 0.05) is 24.7 Å². The van der Waals surface area contributed by atoms with Crippen LogP contribution in [0.2, 0.25) is 0 Å². The number of rotatable bonds is 8. The Bertz CT molecular complexity index is 393. The van der Waals surface area contributed by atoms with E-state index in [4.69, 9.17) is 4.42 Å². The molecule has 1 aliphatic carbocycles. The van der Waals surface area contributed by atoms with Crippen molar-refractivity contribution in [1.29, 1.82) is 0 Å². The maximum absolute atomic E-state index is 5.85. The third-order valence-electron chi connectivity index (χ3n) is 3.68. The van der Waals surface area contributed by atoms with Gasteiger partial charge < -0.3 is 9.73 Å². The highest BCUT2D eigenvalue weighted by Crippen LogP contribution is 2.21. The van der Waals surface area contributed by atoms with Gasteiger partial charge in [-0.05, 0) is 38.3 Å². The Hall–Kier alpha value is -0.800. The molecule has 3 nitrogen and oxygen atoms in total. The minimum absolute atomic E-state index is 0.711. The van der Waals surface area contributed by atoms with E-state index in [0.717, 1.165) is 43.7 Å². The van der Waals surface area contributed by atoms with Gasteiger partial charge in [-0.3, -0.25) is 4.90 Å². The second-order valence-corrected chi connectivity index (χ2v) is 6.17. The smallest absolute Gasteiger partial charge is 0.118 e. The van der Waals surface area contributed by atoms with Crippen molar-refractivity contribution >= 4 is 0 Å². The molecule has 1 aromatic rings. The van der Waals surface area contributed by atoms with Gasteiger partial charge in [-0.2, -0.15) is 0 Å². The quantitative estimate of drug-likeness (QED) is 0.781. The summed E-state index contributed by atoms with van der Waals surface area (Å²) in [5, 5.41) is 3.51. The lowest BCUT2D eigenvalue weighted by Crippen LogP contribution is -2.27. The molecular formula is C16H28N2O. The van der Waals surface area contributed by atoms with Crippen LogP contribution in [0.4, 0.5) is 0 Å². The van der Waals surface area contributed by atoms with Gasteiger partial charge in [0.05, 0.1) is 6.54 Å². The molecule has 1 fully saturated rings. The minimum atomic E-state index is 0.711. The first-order chi connectivity index (χ1) is 9.08. The molecule has 0 saturated heterocycles. The SMILES string of the molecule is CCN(Cc1cc(CNC2CC2)oc1C)CC(C)C. The van der Waals surface area contributed by atoms with E-state index < -0.39 is 0 Å². The summed E-state index contributed by atoms with van der Waals surface area (Å²) in [6.45, 7) is 13.0. The van der Waals surface area contributed by atoms with Crippen molar-refractivity contribution in [2.75, 3.05) is 13.1 Å². The summed E-state index contributed by atoms with van der Waals surface area (Å²) in [5.74, 6) is 2.87. The standard InChI is InChI=1S/C16H28N2O/c1-5-18(10-12(2)3)11-14-8-16(19-13(14)4)9-17-15-6-7-15/h8,12,15,17H,5-7,9-11H2,1-4H3. The minimum Gasteiger partial charge on any atom is -0.465 e. The summed E-state index contributed by atoms with van der Waals surface area (Å²) in [6, 6.07) is 2.97. The van der Waals surface area contributed by atoms with Crippen molar-refractivity contribution in [2.45, 2.75) is 59.7 Å². The molecule has 0 aliphatic heterocycles. The predicted molar refractivity (Wildman–Crippen MR) is 79.1 cm³/mol. The fourth-order valence-corrected chi connectivity index (χ4v) is 2.43. The molecule has 1 aromatic heterocycles. The molecule has 0 atom stereocenters. The van der Waals surface area contributed by atoms with Crippen LogP contribution in [0.25, 0.3) is 0 Å². The number of aryl methyl sites for hydroxylation is 1. The molecule has 0 unspecified atom stereocenters. The van der Waals surface area contributed by atoms with Gasteiger partial charge in [0.2, 0.25) is 0 Å². The normalized spacial score (nSPS) is 15.7. The third kappa shape index (κ3) is 4.66. The molecule has 2 rings (SSSR count). The molecule has 0 spiro atoms. The van der Waals surface area contributed by atoms with Crippen molar-refractivity contribution < 1.29 is 4.42 Å². The van der Waals surface area contributed by atoms with Crippen LogP contribution in [0.15, 0.2) is 10.5 Å². The lowest BCUT2D eigenvalue weighted by Gasteiger charge is -2.22. The van der Waals surface area contributed by atoms with Crippen molar-refractivity contribution in [2.24, 2.45) is 5.92 Å². The molecule has 3 heteroatoms. The van der Waals surface area contributed by atoms with Gasteiger partial charge >= 0.3 is 0 Å². The second-order valence-electron chi connectivity index (χ2n) is 6.17. The lowest BCUT2D eigenvalue weighted by molar-refractivity contribution is 0.247. The van der Waals surface area contributed by atoms with E-state index >= 15 is 0 Å². The summed E-state index contributed by atoms with van der Waals surface area (Å²) in [4.78, 5) is 2.49. The Morgan fingerprint density at radius 2 is 2.16 bits per heavy atom. The predicted octanol–water partition coefficient (Wildman–Crippen LogP) is 3.32. The molecule has 1 N–H and O–H groups in total. The molecule has 1 aliphatic rings. The Morgan fingerprint density at radius 1 is 1.42 bits per heavy atom. The molecule has 0 aromatic carbocycles. The molecule has 108 valence electrons. The fraction of sp³-hybridized carbons (Fsp3) is 0.750. The van der Waals surface area contributed by atoms with Crippen LogP contribution in [0, 0.1) is 12.8 Å². The van der Waals surface area contributed by atoms with Gasteiger partial charge in [-0.1, -0.05) is 20.8 Å². The van der Waals surface area contributed by atoms with Crippen molar-refractivity contribution in [3.8, 4) is 0 Å². The van der Waals surface area contributed by atoms with Crippen LogP contribution in [0.3, 0.4) is 0 Å². The van der Waals surface area contributed by atoms with E-state index in [1.54, 1.807) is 0 Å². The molecule has 0 radical (unpaired) electrons. The summed E-state index contributed by atoms with van der Waals surface area (Å²) in [7, 11) is 0. The van der Waals surface area contributed by atoms with E-state index in [0.29, 0.717) is 5.92 Å². The van der Waals surface area contributed by atoms with Crippen molar-refractivity contribution in [3.63, 3.8) is 0 Å². The van der Waals surface area contributed by atoms with E-state index in [1.807, 2.05) is 0 Å². The zero-order chi connectivity index (χ0) is 13.8. The first-order valence-corrected chi connectivity index (χ1v) is 7.62. The lowest BCUT2D eigenvalue weighted by atomic mass is 10.1. The molecule has 1 saturated carbocycles. The molecule has 0 bridgehead atoms. The topological polar surface area (TPSA) is 28.4 Å². The van der Waals surface area contributed by atoms with Gasteiger partial charge in [-0.25, -0.2) is 0 Å². The average Bonchev–Trinajstić information content (AvgIpc) is 3.11. The maximum Gasteiger partial charge on any atom is 0.118 e. The van der Waals surface area contributed by atoms with E-state index in [1.165, 1.54) is 18.4 Å². The molecular weight excluding hydrogens is 236 g/mol. The Balaban J connectivity index is 1.90. The van der Waals surface area contributed by atoms with Gasteiger partial charge in [0.1, 0.15) is 11.5 Å². The zero-order valence-corrected chi connectivity index (χ0v) is 12.8. The van der Waals surface area contributed by atoms with E-state index in [9.17, 15) is 0 Å². The zero-order valence-electron chi connectivity index (χ0n) is 12.8. The van der Waals surface area contributed by atoms with Crippen molar-refractivity contribution in [1.82, 2.24) is 10.2 Å². The highest BCUT2D eigenvalue weighted by atomic mass is 16.3. The number of nitrogens with one attached hydrogen (secondary N) is 1. The summed E-state index contributed by atoms with van der Waals surface area (Å²) < 4.78 is 5.85. The summed E-state index contributed by atoms with van der Waals surface area (Å²) in [6.07, 6.45) is 2.65. The number of furan rings is 1. The number of hydrogen-bond donors (Lipinski definition) is 1. The van der Waals surface area contributed by atoms with Crippen LogP contribution in [-0.2, 0) is 13.1 Å². The van der Waals surface area contributed by atoms with Crippen molar-refractivity contribution in [3.05, 3.63) is 23.2 Å². The van der Waals surface area contributed by atoms with Crippen LogP contribution >= 0.6 is 0 Å². The van der Waals surface area contributed by atoms with Gasteiger partial charge in [-0.15, -0.1) is 0 Å². The van der Waals surface area contributed by atoms with Gasteiger partial charge in [0.25, 0.3) is 0 Å². The van der Waals surface area contributed by atoms with E-state index in [-0.39, 0.29) is 0 Å². The Morgan fingerprint density at radius 3 is 2.74 bits per heavy atom. The maximum atomic E-state index is 5.85. The Kier molecular flexibility index (Phi) is 5.06. The van der Waals surface area contributed by atoms with E-state index in [2.05, 4.69) is 44.0 Å². The van der Waals surface area contributed by atoms with Crippen LogP contribution < -0.4 is 5.32 Å². The third-order valence-corrected chi connectivity index (χ3v) is 3.68. The monoisotopic (exact) mass is 264 g/mol. The van der Waals surface area contributed by atoms with Crippen LogP contribution in [0.1, 0.15) is 50.7 Å². The average molecular weight is 264 g/mol. The highest BCUT2D eigenvalue weighted by molar-refractivity contribution is 5.21. The first kappa shape index (κ1) is 14.6. The summed E-state index contributed by atoms with van der Waals surface area (Å²) in [5.41, 5.74) is 1.34. The number of nitrogens with zero attached hydrogens (tertiary/aromatic N) is 1. The number of hydrogen-bond acceptors (Lipinski definition) is 3. The highest BCUT2D eigenvalue weighted by Gasteiger charge is 2.21. The largest absolute Gasteiger partial charge is 0.465 e. The molecule has 19 heavy (non-hydrogen) atoms. The first-order valence-electron chi connectivity index (χ1n) is 7.62. The van der Waals surface area contributed by atoms with Crippen LogP contribution in [-0.4, -0.2) is 24.0 Å². The molecule has 1 heterocycles. The second kappa shape index (κ2) is 6.58. The van der Waals surface area contributed by atoms with Gasteiger partial charge in [0.15, 0.2) is 0 Å². The molecule has 0 amide bonds. The van der Waals surface area contributed by atoms with Crippen LogP contribution in [0.5, 0.6) is 0 Å². The fourth-order valence-electron chi connectivity index (χ4n) is 2.43.